The number of rotatable bonds is 4. The Labute approximate surface area is 125 Å². The molecule has 0 saturated carbocycles. The third-order valence-electron chi connectivity index (χ3n) is 3.32. The number of pyridine rings is 1. The average molecular weight is 315 g/mol. The number of carbonyl (C=O) groups excluding carboxylic acids is 1. The van der Waals surface area contributed by atoms with Gasteiger partial charge in [0.1, 0.15) is 0 Å². The summed E-state index contributed by atoms with van der Waals surface area (Å²) in [7, 11) is 0. The second-order valence-electron chi connectivity index (χ2n) is 4.99. The van der Waals surface area contributed by atoms with Crippen LogP contribution in [0, 0.1) is 0 Å². The third-order valence-corrected chi connectivity index (χ3v) is 3.32. The minimum Gasteiger partial charge on any atom is -0.359 e. The molecular weight excluding hydrogens is 299 g/mol. The van der Waals surface area contributed by atoms with Gasteiger partial charge in [-0.3, -0.25) is 15.2 Å². The van der Waals surface area contributed by atoms with Crippen molar-refractivity contribution in [3.63, 3.8) is 0 Å². The second-order valence-corrected chi connectivity index (χ2v) is 4.99. The Kier molecular flexibility index (Phi) is 4.41. The molecule has 0 fully saturated rings. The molecule has 2 heterocycles. The number of alkyl halides is 3. The third kappa shape index (κ3) is 2.92. The van der Waals surface area contributed by atoms with Gasteiger partial charge in [-0.1, -0.05) is 13.3 Å². The standard InChI is InChI=1S/C14H16F3N3O2/c1-2-3-4-11-9-13(22,14(15,16)17)20(19-11)12(21)10-5-7-18-8-6-10/h5-9,19,22H,2-4H2,1H3/t13-/m0/s1. The number of nitrogens with one attached hydrogen (secondary N) is 1. The van der Waals surface area contributed by atoms with Crippen molar-refractivity contribution in [1.82, 2.24) is 15.4 Å². The largest absolute Gasteiger partial charge is 0.442 e. The molecule has 5 nitrogen and oxygen atoms in total. The van der Waals surface area contributed by atoms with Gasteiger partial charge in [-0.2, -0.15) is 13.2 Å². The minimum atomic E-state index is -5.02. The van der Waals surface area contributed by atoms with Gasteiger partial charge in [-0.05, 0) is 31.1 Å². The molecule has 1 aromatic rings. The van der Waals surface area contributed by atoms with Crippen LogP contribution in [0.2, 0.25) is 0 Å². The Hall–Kier alpha value is -2.09. The molecule has 0 unspecified atom stereocenters. The first-order chi connectivity index (χ1) is 10.3. The molecule has 1 aromatic heterocycles. The Balaban J connectivity index is 2.32. The highest BCUT2D eigenvalue weighted by Crippen LogP contribution is 2.39. The summed E-state index contributed by atoms with van der Waals surface area (Å²) in [5.74, 6) is -0.982. The average Bonchev–Trinajstić information content (AvgIpc) is 2.83. The van der Waals surface area contributed by atoms with Gasteiger partial charge in [0.25, 0.3) is 11.6 Å². The molecule has 0 aromatic carbocycles. The summed E-state index contributed by atoms with van der Waals surface area (Å²) < 4.78 is 39.7. The van der Waals surface area contributed by atoms with Crippen molar-refractivity contribution in [2.24, 2.45) is 0 Å². The summed E-state index contributed by atoms with van der Waals surface area (Å²) in [4.78, 5) is 16.0. The first kappa shape index (κ1) is 16.3. The predicted octanol–water partition coefficient (Wildman–Crippen LogP) is 2.37. The number of allylic oxidation sites excluding steroid dienone is 1. The zero-order valence-electron chi connectivity index (χ0n) is 11.9. The van der Waals surface area contributed by atoms with E-state index in [0.717, 1.165) is 6.42 Å². The van der Waals surface area contributed by atoms with Gasteiger partial charge in [0, 0.05) is 23.7 Å². The zero-order chi connectivity index (χ0) is 16.4. The molecule has 0 spiro atoms. The van der Waals surface area contributed by atoms with Crippen LogP contribution >= 0.6 is 0 Å². The lowest BCUT2D eigenvalue weighted by Crippen LogP contribution is -2.60. The van der Waals surface area contributed by atoms with Crippen LogP contribution < -0.4 is 5.43 Å². The van der Waals surface area contributed by atoms with Gasteiger partial charge in [0.05, 0.1) is 0 Å². The summed E-state index contributed by atoms with van der Waals surface area (Å²) in [5, 5.41) is 10.2. The highest BCUT2D eigenvalue weighted by atomic mass is 19.4. The first-order valence-corrected chi connectivity index (χ1v) is 6.81. The fraction of sp³-hybridized carbons (Fsp3) is 0.429. The van der Waals surface area contributed by atoms with Crippen molar-refractivity contribution in [1.29, 1.82) is 0 Å². The topological polar surface area (TPSA) is 65.5 Å². The van der Waals surface area contributed by atoms with E-state index in [-0.39, 0.29) is 16.3 Å². The normalized spacial score (nSPS) is 21.5. The molecule has 0 radical (unpaired) electrons. The molecule has 2 rings (SSSR count). The van der Waals surface area contributed by atoms with Crippen molar-refractivity contribution >= 4 is 5.91 Å². The molecule has 0 aliphatic carbocycles. The number of carbonyl (C=O) groups is 1. The minimum absolute atomic E-state index is 0.00434. The van der Waals surface area contributed by atoms with Crippen LogP contribution in [0.15, 0.2) is 36.3 Å². The molecule has 2 N–H and O–H groups in total. The number of aliphatic hydroxyl groups is 1. The summed E-state index contributed by atoms with van der Waals surface area (Å²) >= 11 is 0. The number of hydrazine groups is 1. The summed E-state index contributed by atoms with van der Waals surface area (Å²) in [6.07, 6.45) is -0.0397. The monoisotopic (exact) mass is 315 g/mol. The van der Waals surface area contributed by atoms with Crippen molar-refractivity contribution in [2.45, 2.75) is 38.1 Å². The number of aromatic nitrogens is 1. The molecule has 8 heteroatoms. The molecule has 0 saturated heterocycles. The smallest absolute Gasteiger partial charge is 0.359 e. The van der Waals surface area contributed by atoms with E-state index in [4.69, 9.17) is 0 Å². The lowest BCUT2D eigenvalue weighted by Gasteiger charge is -2.33. The van der Waals surface area contributed by atoms with Crippen molar-refractivity contribution in [3.05, 3.63) is 41.9 Å². The zero-order valence-corrected chi connectivity index (χ0v) is 11.9. The summed E-state index contributed by atoms with van der Waals surface area (Å²) in [5.41, 5.74) is -0.823. The summed E-state index contributed by atoms with van der Waals surface area (Å²) in [6, 6.07) is 2.57. The number of unbranched alkanes of at least 4 members (excludes halogenated alkanes) is 1. The van der Waals surface area contributed by atoms with Crippen LogP contribution in [0.3, 0.4) is 0 Å². The van der Waals surface area contributed by atoms with E-state index in [1.807, 2.05) is 6.92 Å². The Morgan fingerprint density at radius 2 is 2.05 bits per heavy atom. The van der Waals surface area contributed by atoms with Crippen LogP contribution in [0.4, 0.5) is 13.2 Å². The highest BCUT2D eigenvalue weighted by Gasteiger charge is 2.61. The summed E-state index contributed by atoms with van der Waals surface area (Å²) in [6.45, 7) is 1.89. The molecule has 120 valence electrons. The van der Waals surface area contributed by atoms with Crippen molar-refractivity contribution in [3.8, 4) is 0 Å². The van der Waals surface area contributed by atoms with Crippen LogP contribution in [0.5, 0.6) is 0 Å². The molecule has 1 aliphatic heterocycles. The molecule has 0 bridgehead atoms. The van der Waals surface area contributed by atoms with Crippen LogP contribution in [0.1, 0.15) is 36.5 Å². The number of hydrogen-bond acceptors (Lipinski definition) is 4. The van der Waals surface area contributed by atoms with Gasteiger partial charge in [0.2, 0.25) is 0 Å². The molecule has 1 amide bonds. The Morgan fingerprint density at radius 3 is 2.59 bits per heavy atom. The van der Waals surface area contributed by atoms with E-state index < -0.39 is 17.8 Å². The quantitative estimate of drug-likeness (QED) is 0.895. The highest BCUT2D eigenvalue weighted by molar-refractivity contribution is 5.94. The lowest BCUT2D eigenvalue weighted by atomic mass is 10.1. The fourth-order valence-corrected chi connectivity index (χ4v) is 2.10. The van der Waals surface area contributed by atoms with E-state index in [0.29, 0.717) is 18.9 Å². The number of hydrogen-bond donors (Lipinski definition) is 2. The maximum Gasteiger partial charge on any atom is 0.442 e. The number of amides is 1. The van der Waals surface area contributed by atoms with Crippen molar-refractivity contribution < 1.29 is 23.1 Å². The van der Waals surface area contributed by atoms with Gasteiger partial charge in [-0.25, -0.2) is 5.01 Å². The van der Waals surface area contributed by atoms with Gasteiger partial charge in [0.15, 0.2) is 0 Å². The van der Waals surface area contributed by atoms with Crippen molar-refractivity contribution in [2.75, 3.05) is 0 Å². The van der Waals surface area contributed by atoms with E-state index in [1.165, 1.54) is 24.5 Å². The van der Waals surface area contributed by atoms with Crippen LogP contribution in [-0.4, -0.2) is 32.9 Å². The van der Waals surface area contributed by atoms with Gasteiger partial charge >= 0.3 is 6.18 Å². The van der Waals surface area contributed by atoms with E-state index >= 15 is 0 Å². The Bertz CT molecular complexity index is 574. The van der Waals surface area contributed by atoms with Crippen LogP contribution in [0.25, 0.3) is 0 Å². The predicted molar refractivity (Wildman–Crippen MR) is 72.2 cm³/mol. The maximum atomic E-state index is 13.2. The first-order valence-electron chi connectivity index (χ1n) is 6.81. The number of halogens is 3. The maximum absolute atomic E-state index is 13.2. The Morgan fingerprint density at radius 1 is 1.41 bits per heavy atom. The fourth-order valence-electron chi connectivity index (χ4n) is 2.10. The van der Waals surface area contributed by atoms with Gasteiger partial charge < -0.3 is 5.11 Å². The molecule has 1 atom stereocenters. The lowest BCUT2D eigenvalue weighted by molar-refractivity contribution is -0.283. The van der Waals surface area contributed by atoms with E-state index in [2.05, 4.69) is 10.4 Å². The number of nitrogens with zero attached hydrogens (tertiary/aromatic N) is 2. The van der Waals surface area contributed by atoms with Gasteiger partial charge in [-0.15, -0.1) is 0 Å². The second kappa shape index (κ2) is 5.96. The molecule has 1 aliphatic rings. The SMILES string of the molecule is CCCCC1=C[C@](O)(C(F)(F)F)N(C(=O)c2ccncc2)N1. The van der Waals surface area contributed by atoms with Crippen LogP contribution in [-0.2, 0) is 0 Å². The molecule has 22 heavy (non-hydrogen) atoms. The van der Waals surface area contributed by atoms with E-state index in [1.54, 1.807) is 0 Å². The molecular formula is C14H16F3N3O2. The van der Waals surface area contributed by atoms with E-state index in [9.17, 15) is 23.1 Å².